The van der Waals surface area contributed by atoms with Crippen molar-refractivity contribution in [3.63, 3.8) is 0 Å². The molecule has 0 unspecified atom stereocenters. The Morgan fingerprint density at radius 2 is 1.85 bits per heavy atom. The molecule has 7 nitrogen and oxygen atoms in total. The first-order valence-electron chi connectivity index (χ1n) is 11.3. The van der Waals surface area contributed by atoms with E-state index in [0.717, 1.165) is 46.8 Å². The van der Waals surface area contributed by atoms with Crippen LogP contribution in [0, 0.1) is 0 Å². The SMILES string of the molecule is CN(C)c1ccccc1Cn1nc(COC(C)(C)C(O)O)cc1-c1cccc(OC2CC2)c1. The zero-order valence-electron chi connectivity index (χ0n) is 19.7. The van der Waals surface area contributed by atoms with Crippen LogP contribution in [0.15, 0.2) is 54.6 Å². The van der Waals surface area contributed by atoms with E-state index >= 15 is 0 Å². The van der Waals surface area contributed by atoms with Crippen LogP contribution in [0.2, 0.25) is 0 Å². The summed E-state index contributed by atoms with van der Waals surface area (Å²) in [5.41, 5.74) is 3.86. The molecule has 2 N–H and O–H groups in total. The van der Waals surface area contributed by atoms with Crippen LogP contribution in [0.1, 0.15) is 37.9 Å². The van der Waals surface area contributed by atoms with Crippen LogP contribution in [0.25, 0.3) is 11.3 Å². The lowest BCUT2D eigenvalue weighted by atomic mass is 10.1. The second kappa shape index (κ2) is 9.55. The van der Waals surface area contributed by atoms with Crippen molar-refractivity contribution >= 4 is 5.69 Å². The molecular weight excluding hydrogens is 418 g/mol. The average Bonchev–Trinajstić information content (AvgIpc) is 3.50. The molecule has 1 heterocycles. The van der Waals surface area contributed by atoms with Gasteiger partial charge in [-0.15, -0.1) is 0 Å². The Morgan fingerprint density at radius 3 is 2.55 bits per heavy atom. The highest BCUT2D eigenvalue weighted by molar-refractivity contribution is 5.63. The minimum absolute atomic E-state index is 0.165. The van der Waals surface area contributed by atoms with E-state index in [1.807, 2.05) is 49.1 Å². The van der Waals surface area contributed by atoms with Gasteiger partial charge in [0, 0.05) is 25.3 Å². The topological polar surface area (TPSA) is 80.0 Å². The highest BCUT2D eigenvalue weighted by atomic mass is 16.6. The lowest BCUT2D eigenvalue weighted by Gasteiger charge is -2.26. The Morgan fingerprint density at radius 1 is 1.09 bits per heavy atom. The summed E-state index contributed by atoms with van der Waals surface area (Å²) in [5, 5.41) is 24.0. The molecule has 7 heteroatoms. The maximum atomic E-state index is 9.57. The first-order valence-corrected chi connectivity index (χ1v) is 11.3. The van der Waals surface area contributed by atoms with Gasteiger partial charge in [0.1, 0.15) is 11.4 Å². The third-order valence-corrected chi connectivity index (χ3v) is 5.79. The molecule has 1 saturated carbocycles. The third-order valence-electron chi connectivity index (χ3n) is 5.79. The van der Waals surface area contributed by atoms with Crippen molar-refractivity contribution < 1.29 is 19.7 Å². The van der Waals surface area contributed by atoms with Crippen LogP contribution < -0.4 is 9.64 Å². The lowest BCUT2D eigenvalue weighted by molar-refractivity contribution is -0.197. The number of anilines is 1. The van der Waals surface area contributed by atoms with Crippen molar-refractivity contribution in [1.82, 2.24) is 9.78 Å². The molecule has 3 aromatic rings. The van der Waals surface area contributed by atoms with E-state index in [0.29, 0.717) is 12.6 Å². The van der Waals surface area contributed by atoms with Crippen molar-refractivity contribution in [3.8, 4) is 17.0 Å². The van der Waals surface area contributed by atoms with Crippen molar-refractivity contribution in [1.29, 1.82) is 0 Å². The zero-order valence-corrected chi connectivity index (χ0v) is 19.7. The fourth-order valence-electron chi connectivity index (χ4n) is 3.58. The number of hydrogen-bond donors (Lipinski definition) is 2. The molecule has 0 saturated heterocycles. The van der Waals surface area contributed by atoms with Crippen molar-refractivity contribution in [2.75, 3.05) is 19.0 Å². The Balaban J connectivity index is 1.67. The highest BCUT2D eigenvalue weighted by Gasteiger charge is 2.27. The maximum Gasteiger partial charge on any atom is 0.180 e. The maximum absolute atomic E-state index is 9.57. The molecule has 1 aliphatic rings. The highest BCUT2D eigenvalue weighted by Crippen LogP contribution is 2.31. The Kier molecular flexibility index (Phi) is 6.74. The number of nitrogens with zero attached hydrogens (tertiary/aromatic N) is 3. The number of rotatable bonds is 10. The van der Waals surface area contributed by atoms with Gasteiger partial charge >= 0.3 is 0 Å². The Hall–Kier alpha value is -2.87. The van der Waals surface area contributed by atoms with Gasteiger partial charge in [0.15, 0.2) is 6.29 Å². The van der Waals surface area contributed by atoms with Gasteiger partial charge in [0.05, 0.1) is 30.6 Å². The van der Waals surface area contributed by atoms with Gasteiger partial charge < -0.3 is 24.6 Å². The van der Waals surface area contributed by atoms with Gasteiger partial charge in [-0.25, -0.2) is 0 Å². The molecule has 0 bridgehead atoms. The van der Waals surface area contributed by atoms with E-state index in [2.05, 4.69) is 29.2 Å². The number of aliphatic hydroxyl groups excluding tert-OH is 1. The summed E-state index contributed by atoms with van der Waals surface area (Å²) in [6.07, 6.45) is 0.963. The summed E-state index contributed by atoms with van der Waals surface area (Å²) in [6, 6.07) is 18.3. The predicted octanol–water partition coefficient (Wildman–Crippen LogP) is 3.81. The van der Waals surface area contributed by atoms with E-state index in [9.17, 15) is 10.2 Å². The van der Waals surface area contributed by atoms with E-state index < -0.39 is 11.9 Å². The second-order valence-electron chi connectivity index (χ2n) is 9.31. The fraction of sp³-hybridized carbons (Fsp3) is 0.423. The smallest absolute Gasteiger partial charge is 0.180 e. The Bertz CT molecular complexity index is 1090. The number of para-hydroxylation sites is 1. The van der Waals surface area contributed by atoms with Crippen LogP contribution in [0.4, 0.5) is 5.69 Å². The van der Waals surface area contributed by atoms with Crippen LogP contribution in [-0.2, 0) is 17.9 Å². The summed E-state index contributed by atoms with van der Waals surface area (Å²) >= 11 is 0. The number of ether oxygens (including phenoxy) is 2. The summed E-state index contributed by atoms with van der Waals surface area (Å²) in [5.74, 6) is 0.860. The molecular formula is C26H33N3O4. The van der Waals surface area contributed by atoms with Crippen molar-refractivity contribution in [3.05, 3.63) is 65.9 Å². The molecule has 0 atom stereocenters. The van der Waals surface area contributed by atoms with Crippen LogP contribution in [0.3, 0.4) is 0 Å². The molecule has 2 aromatic carbocycles. The molecule has 0 spiro atoms. The third kappa shape index (κ3) is 5.74. The monoisotopic (exact) mass is 451 g/mol. The molecule has 0 radical (unpaired) electrons. The van der Waals surface area contributed by atoms with Gasteiger partial charge in [-0.1, -0.05) is 30.3 Å². The van der Waals surface area contributed by atoms with Crippen LogP contribution >= 0.6 is 0 Å². The minimum Gasteiger partial charge on any atom is -0.490 e. The van der Waals surface area contributed by atoms with Gasteiger partial charge in [0.25, 0.3) is 0 Å². The van der Waals surface area contributed by atoms with Gasteiger partial charge in [-0.05, 0) is 56.5 Å². The van der Waals surface area contributed by atoms with E-state index in [-0.39, 0.29) is 6.61 Å². The predicted molar refractivity (Wildman–Crippen MR) is 128 cm³/mol. The van der Waals surface area contributed by atoms with Crippen LogP contribution in [0.5, 0.6) is 5.75 Å². The molecule has 1 fully saturated rings. The molecule has 0 aliphatic heterocycles. The molecule has 1 aliphatic carbocycles. The van der Waals surface area contributed by atoms with E-state index in [1.54, 1.807) is 13.8 Å². The molecule has 176 valence electrons. The standard InChI is InChI=1S/C26H33N3O4/c1-26(2,25(30)31)32-17-20-15-24(18-9-7-10-22(14-18)33-21-12-13-21)29(27-20)16-19-8-5-6-11-23(19)28(3)4/h5-11,14-15,21,25,30-31H,12-13,16-17H2,1-4H3. The molecule has 4 rings (SSSR count). The Labute approximate surface area is 195 Å². The van der Waals surface area contributed by atoms with E-state index in [1.165, 1.54) is 0 Å². The summed E-state index contributed by atoms with van der Waals surface area (Å²) < 4.78 is 13.7. The number of benzene rings is 2. The van der Waals surface area contributed by atoms with Crippen molar-refractivity contribution in [2.45, 2.75) is 57.8 Å². The van der Waals surface area contributed by atoms with Crippen LogP contribution in [-0.4, -0.2) is 52.1 Å². The largest absolute Gasteiger partial charge is 0.490 e. The quantitative estimate of drug-likeness (QED) is 0.457. The summed E-state index contributed by atoms with van der Waals surface area (Å²) in [4.78, 5) is 2.10. The lowest BCUT2D eigenvalue weighted by Crippen LogP contribution is -2.38. The van der Waals surface area contributed by atoms with Gasteiger partial charge in [-0.3, -0.25) is 4.68 Å². The average molecular weight is 452 g/mol. The second-order valence-corrected chi connectivity index (χ2v) is 9.31. The van der Waals surface area contributed by atoms with Gasteiger partial charge in [-0.2, -0.15) is 5.10 Å². The summed E-state index contributed by atoms with van der Waals surface area (Å²) in [6.45, 7) is 4.03. The molecule has 1 aromatic heterocycles. The fourth-order valence-corrected chi connectivity index (χ4v) is 3.58. The van der Waals surface area contributed by atoms with Gasteiger partial charge in [0.2, 0.25) is 0 Å². The molecule has 0 amide bonds. The zero-order chi connectivity index (χ0) is 23.6. The number of hydrogen-bond acceptors (Lipinski definition) is 6. The van der Waals surface area contributed by atoms with E-state index in [4.69, 9.17) is 14.6 Å². The first kappa shape index (κ1) is 23.3. The van der Waals surface area contributed by atoms with Crippen molar-refractivity contribution in [2.24, 2.45) is 0 Å². The molecule has 33 heavy (non-hydrogen) atoms. The number of aliphatic hydroxyl groups is 2. The normalized spacial score (nSPS) is 14.0. The first-order chi connectivity index (χ1) is 15.7. The summed E-state index contributed by atoms with van der Waals surface area (Å²) in [7, 11) is 4.06. The minimum atomic E-state index is -1.58. The number of aromatic nitrogens is 2.